The smallest absolute Gasteiger partial charge is 0.189 e. The maximum atomic E-state index is 12.1. The van der Waals surface area contributed by atoms with Crippen molar-refractivity contribution in [2.75, 3.05) is 0 Å². The number of allylic oxidation sites excluding steroid dienone is 1. The number of benzene rings is 1. The van der Waals surface area contributed by atoms with E-state index in [-0.39, 0.29) is 5.78 Å². The van der Waals surface area contributed by atoms with Crippen molar-refractivity contribution in [1.29, 1.82) is 0 Å². The lowest BCUT2D eigenvalue weighted by Crippen LogP contribution is -2.36. The summed E-state index contributed by atoms with van der Waals surface area (Å²) in [6, 6.07) is 7.95. The van der Waals surface area contributed by atoms with E-state index >= 15 is 0 Å². The summed E-state index contributed by atoms with van der Waals surface area (Å²) in [5.41, 5.74) is 0.662. The molecular formula is C15H17ClN2O. The molecule has 100 valence electrons. The van der Waals surface area contributed by atoms with Crippen molar-refractivity contribution in [2.45, 2.75) is 37.8 Å². The van der Waals surface area contributed by atoms with Gasteiger partial charge in [0.25, 0.3) is 0 Å². The summed E-state index contributed by atoms with van der Waals surface area (Å²) in [7, 11) is 0. The Balaban J connectivity index is 1.72. The van der Waals surface area contributed by atoms with Crippen LogP contribution in [0.25, 0.3) is 0 Å². The minimum Gasteiger partial charge on any atom is -0.367 e. The topological polar surface area (TPSA) is 41.1 Å². The number of nitrogens with one attached hydrogen (secondary N) is 2. The molecule has 0 amide bonds. The third-order valence-corrected chi connectivity index (χ3v) is 4.10. The van der Waals surface area contributed by atoms with Crippen molar-refractivity contribution >= 4 is 17.4 Å². The molecule has 0 aromatic heterocycles. The summed E-state index contributed by atoms with van der Waals surface area (Å²) >= 11 is 5.82. The Hall–Kier alpha value is -1.48. The molecule has 3 rings (SSSR count). The average Bonchev–Trinajstić information content (AvgIpc) is 2.81. The molecule has 0 bridgehead atoms. The molecule has 2 fully saturated rings. The van der Waals surface area contributed by atoms with E-state index in [1.165, 1.54) is 25.7 Å². The van der Waals surface area contributed by atoms with E-state index < -0.39 is 0 Å². The third kappa shape index (κ3) is 2.76. The first-order valence-corrected chi connectivity index (χ1v) is 7.15. The van der Waals surface area contributed by atoms with Crippen LogP contribution in [0.15, 0.2) is 36.2 Å². The number of fused-ring (bicyclic) bond motifs is 1. The van der Waals surface area contributed by atoms with Gasteiger partial charge in [-0.3, -0.25) is 4.79 Å². The largest absolute Gasteiger partial charge is 0.367 e. The van der Waals surface area contributed by atoms with Crippen molar-refractivity contribution in [2.24, 2.45) is 0 Å². The quantitative estimate of drug-likeness (QED) is 0.645. The van der Waals surface area contributed by atoms with Gasteiger partial charge in [-0.15, -0.1) is 0 Å². The molecule has 0 unspecified atom stereocenters. The Bertz CT molecular complexity index is 493. The number of hydrogen-bond acceptors (Lipinski definition) is 3. The fourth-order valence-corrected chi connectivity index (χ4v) is 2.96. The molecule has 2 aliphatic rings. The minimum atomic E-state index is 0.00492. The van der Waals surface area contributed by atoms with Gasteiger partial charge in [-0.25, -0.2) is 0 Å². The van der Waals surface area contributed by atoms with Crippen molar-refractivity contribution < 1.29 is 4.79 Å². The van der Waals surface area contributed by atoms with Gasteiger partial charge in [0.1, 0.15) is 5.82 Å². The van der Waals surface area contributed by atoms with E-state index in [9.17, 15) is 4.79 Å². The third-order valence-electron chi connectivity index (χ3n) is 3.85. The van der Waals surface area contributed by atoms with Gasteiger partial charge in [0.2, 0.25) is 0 Å². The van der Waals surface area contributed by atoms with Gasteiger partial charge in [0.05, 0.1) is 0 Å². The number of carbonyl (C=O) groups excluding carboxylic acids is 1. The molecule has 1 saturated heterocycles. The lowest BCUT2D eigenvalue weighted by Gasteiger charge is -2.23. The molecule has 1 aromatic carbocycles. The number of carbonyl (C=O) groups is 1. The Morgan fingerprint density at radius 3 is 2.26 bits per heavy atom. The monoisotopic (exact) mass is 276 g/mol. The van der Waals surface area contributed by atoms with Crippen molar-refractivity contribution in [1.82, 2.24) is 10.6 Å². The first-order valence-electron chi connectivity index (χ1n) is 6.77. The van der Waals surface area contributed by atoms with Crippen LogP contribution < -0.4 is 10.6 Å². The van der Waals surface area contributed by atoms with Gasteiger partial charge in [0.15, 0.2) is 5.78 Å². The SMILES string of the molecule is O=C(C=C1N[C@H]2CCCC[C@@H]2N1)c1ccc(Cl)cc1. The highest BCUT2D eigenvalue weighted by Gasteiger charge is 2.31. The summed E-state index contributed by atoms with van der Waals surface area (Å²) in [6.45, 7) is 0. The second-order valence-corrected chi connectivity index (χ2v) is 5.65. The molecule has 1 saturated carbocycles. The van der Waals surface area contributed by atoms with Gasteiger partial charge >= 0.3 is 0 Å². The summed E-state index contributed by atoms with van der Waals surface area (Å²) in [4.78, 5) is 12.1. The van der Waals surface area contributed by atoms with E-state index in [1.807, 2.05) is 0 Å². The first kappa shape index (κ1) is 12.5. The molecule has 2 N–H and O–H groups in total. The Morgan fingerprint density at radius 1 is 1.11 bits per heavy atom. The Kier molecular flexibility index (Phi) is 3.47. The van der Waals surface area contributed by atoms with Crippen LogP contribution in [0.1, 0.15) is 36.0 Å². The zero-order valence-electron chi connectivity index (χ0n) is 10.7. The highest BCUT2D eigenvalue weighted by Crippen LogP contribution is 2.24. The van der Waals surface area contributed by atoms with Crippen LogP contribution in [-0.2, 0) is 0 Å². The van der Waals surface area contributed by atoms with E-state index in [2.05, 4.69) is 10.6 Å². The number of ketones is 1. The van der Waals surface area contributed by atoms with E-state index in [4.69, 9.17) is 11.6 Å². The molecule has 4 heteroatoms. The fraction of sp³-hybridized carbons (Fsp3) is 0.400. The molecule has 1 aromatic rings. The second-order valence-electron chi connectivity index (χ2n) is 5.22. The van der Waals surface area contributed by atoms with Gasteiger partial charge < -0.3 is 10.6 Å². The standard InChI is InChI=1S/C15H17ClN2O/c16-11-7-5-10(6-8-11)14(19)9-15-17-12-3-1-2-4-13(12)18-15/h5-9,12-13,17-18H,1-4H2/t12-,13-/m0/s1. The van der Waals surface area contributed by atoms with Crippen molar-refractivity contribution in [3.05, 3.63) is 46.7 Å². The van der Waals surface area contributed by atoms with E-state index in [0.717, 1.165) is 5.82 Å². The summed E-state index contributed by atoms with van der Waals surface area (Å²) in [6.07, 6.45) is 6.57. The van der Waals surface area contributed by atoms with Crippen LogP contribution in [0.5, 0.6) is 0 Å². The Morgan fingerprint density at radius 2 is 1.68 bits per heavy atom. The molecule has 0 spiro atoms. The lowest BCUT2D eigenvalue weighted by atomic mass is 9.92. The van der Waals surface area contributed by atoms with Gasteiger partial charge in [-0.1, -0.05) is 24.4 Å². The minimum absolute atomic E-state index is 0.00492. The highest BCUT2D eigenvalue weighted by atomic mass is 35.5. The lowest BCUT2D eigenvalue weighted by molar-refractivity contribution is 0.104. The zero-order valence-corrected chi connectivity index (χ0v) is 11.4. The maximum absolute atomic E-state index is 12.1. The molecule has 1 heterocycles. The first-order chi connectivity index (χ1) is 9.22. The number of rotatable bonds is 2. The predicted molar refractivity (Wildman–Crippen MR) is 76.2 cm³/mol. The van der Waals surface area contributed by atoms with Crippen LogP contribution in [0, 0.1) is 0 Å². The van der Waals surface area contributed by atoms with Crippen LogP contribution in [0.3, 0.4) is 0 Å². The molecule has 2 atom stereocenters. The molecular weight excluding hydrogens is 260 g/mol. The second kappa shape index (κ2) is 5.25. The van der Waals surface area contributed by atoms with Crippen LogP contribution in [-0.4, -0.2) is 17.9 Å². The summed E-state index contributed by atoms with van der Waals surface area (Å²) < 4.78 is 0. The van der Waals surface area contributed by atoms with Gasteiger partial charge in [0, 0.05) is 28.7 Å². The normalized spacial score (nSPS) is 25.2. The summed E-state index contributed by atoms with van der Waals surface area (Å²) in [5.74, 6) is 0.863. The molecule has 1 aliphatic heterocycles. The van der Waals surface area contributed by atoms with E-state index in [0.29, 0.717) is 22.7 Å². The summed E-state index contributed by atoms with van der Waals surface area (Å²) in [5, 5.41) is 7.46. The van der Waals surface area contributed by atoms with Crippen LogP contribution in [0.4, 0.5) is 0 Å². The van der Waals surface area contributed by atoms with E-state index in [1.54, 1.807) is 30.3 Å². The van der Waals surface area contributed by atoms with Crippen LogP contribution in [0.2, 0.25) is 5.02 Å². The van der Waals surface area contributed by atoms with Crippen molar-refractivity contribution in [3.63, 3.8) is 0 Å². The molecule has 19 heavy (non-hydrogen) atoms. The van der Waals surface area contributed by atoms with Crippen molar-refractivity contribution in [3.8, 4) is 0 Å². The molecule has 0 radical (unpaired) electrons. The number of hydrogen-bond donors (Lipinski definition) is 2. The van der Waals surface area contributed by atoms with Gasteiger partial charge in [-0.2, -0.15) is 0 Å². The predicted octanol–water partition coefficient (Wildman–Crippen LogP) is 2.87. The van der Waals surface area contributed by atoms with Gasteiger partial charge in [-0.05, 0) is 37.1 Å². The maximum Gasteiger partial charge on any atom is 0.189 e. The fourth-order valence-electron chi connectivity index (χ4n) is 2.83. The number of halogens is 1. The average molecular weight is 277 g/mol. The Labute approximate surface area is 118 Å². The molecule has 3 nitrogen and oxygen atoms in total. The molecule has 1 aliphatic carbocycles. The zero-order chi connectivity index (χ0) is 13.2. The highest BCUT2D eigenvalue weighted by molar-refractivity contribution is 6.30. The van der Waals surface area contributed by atoms with Crippen LogP contribution >= 0.6 is 11.6 Å².